The van der Waals surface area contributed by atoms with Crippen molar-refractivity contribution in [3.8, 4) is 0 Å². The highest BCUT2D eigenvalue weighted by atomic mass is 16.6. The largest absolute Gasteiger partial charge is 0.462 e. The van der Waals surface area contributed by atoms with Crippen LogP contribution in [0.2, 0.25) is 0 Å². The summed E-state index contributed by atoms with van der Waals surface area (Å²) >= 11 is 0. The van der Waals surface area contributed by atoms with E-state index in [9.17, 15) is 14.4 Å². The summed E-state index contributed by atoms with van der Waals surface area (Å²) in [5, 5.41) is 0. The van der Waals surface area contributed by atoms with Crippen LogP contribution in [0.1, 0.15) is 355 Å². The van der Waals surface area contributed by atoms with E-state index >= 15 is 0 Å². The molecule has 1 unspecified atom stereocenters. The molecule has 0 N–H and O–H groups in total. The fourth-order valence-corrected chi connectivity index (χ4v) is 10.1. The smallest absolute Gasteiger partial charge is 0.306 e. The second-order valence-electron chi connectivity index (χ2n) is 23.1. The zero-order chi connectivity index (χ0) is 57.1. The van der Waals surface area contributed by atoms with Crippen LogP contribution in [0.15, 0.2) is 72.9 Å². The van der Waals surface area contributed by atoms with Crippen LogP contribution in [-0.4, -0.2) is 37.2 Å². The molecule has 0 saturated carbocycles. The van der Waals surface area contributed by atoms with Gasteiger partial charge in [0, 0.05) is 19.3 Å². The van der Waals surface area contributed by atoms with Gasteiger partial charge in [-0.2, -0.15) is 0 Å². The van der Waals surface area contributed by atoms with Crippen LogP contribution >= 0.6 is 0 Å². The highest BCUT2D eigenvalue weighted by molar-refractivity contribution is 5.71. The van der Waals surface area contributed by atoms with Crippen molar-refractivity contribution in [2.75, 3.05) is 13.2 Å². The minimum Gasteiger partial charge on any atom is -0.462 e. The summed E-state index contributed by atoms with van der Waals surface area (Å²) in [6, 6.07) is 0. The normalized spacial score (nSPS) is 12.5. The summed E-state index contributed by atoms with van der Waals surface area (Å²) < 4.78 is 17.0. The molecular weight excluding hydrogens is 973 g/mol. The van der Waals surface area contributed by atoms with E-state index in [1.54, 1.807) is 0 Å². The van der Waals surface area contributed by atoms with Crippen molar-refractivity contribution in [3.05, 3.63) is 72.9 Å². The van der Waals surface area contributed by atoms with Crippen molar-refractivity contribution >= 4 is 17.9 Å². The Morgan fingerprint density at radius 2 is 0.494 bits per heavy atom. The van der Waals surface area contributed by atoms with Crippen molar-refractivity contribution in [2.24, 2.45) is 0 Å². The first kappa shape index (κ1) is 75.8. The Bertz CT molecular complexity index is 1450. The first-order chi connectivity index (χ1) is 39.0. The number of ether oxygens (including phenoxy) is 3. The molecule has 0 heterocycles. The zero-order valence-corrected chi connectivity index (χ0v) is 52.6. The van der Waals surface area contributed by atoms with Crippen LogP contribution in [0.4, 0.5) is 0 Å². The number of esters is 3. The Morgan fingerprint density at radius 1 is 0.266 bits per heavy atom. The lowest BCUT2D eigenvalue weighted by Gasteiger charge is -2.18. The quantitative estimate of drug-likeness (QED) is 0.0261. The fourth-order valence-electron chi connectivity index (χ4n) is 10.1. The van der Waals surface area contributed by atoms with E-state index in [-0.39, 0.29) is 31.1 Å². The summed E-state index contributed by atoms with van der Waals surface area (Å²) in [4.78, 5) is 38.4. The molecule has 0 amide bonds. The third-order valence-electron chi connectivity index (χ3n) is 15.2. The van der Waals surface area contributed by atoms with E-state index in [0.29, 0.717) is 19.3 Å². The highest BCUT2D eigenvalue weighted by Crippen LogP contribution is 2.17. The third-order valence-corrected chi connectivity index (χ3v) is 15.2. The van der Waals surface area contributed by atoms with Gasteiger partial charge in [-0.15, -0.1) is 0 Å². The van der Waals surface area contributed by atoms with Gasteiger partial charge in [0.2, 0.25) is 0 Å². The molecule has 0 saturated heterocycles. The SMILES string of the molecule is CC/C=C\C/C=C\C/C=C\CCCCCCCCCC(=O)OC(COC(=O)CCCCCCCCCCCCCCCCC)COC(=O)CCCCCCCCCCCCCCCC/C=C\C/C=C\C/C=C\CCCCCCC. The van der Waals surface area contributed by atoms with Gasteiger partial charge in [0.25, 0.3) is 0 Å². The van der Waals surface area contributed by atoms with Crippen LogP contribution in [0.5, 0.6) is 0 Å². The molecule has 0 aromatic heterocycles. The number of carbonyl (C=O) groups excluding carboxylic acids is 3. The molecule has 0 aromatic rings. The topological polar surface area (TPSA) is 78.9 Å². The first-order valence-electron chi connectivity index (χ1n) is 34.4. The van der Waals surface area contributed by atoms with Gasteiger partial charge in [0.1, 0.15) is 13.2 Å². The molecule has 0 bridgehead atoms. The Kier molecular flexibility index (Phi) is 64.7. The average Bonchev–Trinajstić information content (AvgIpc) is 3.45. The standard InChI is InChI=1S/C73H130O6/c1-4-7-10-13-16-19-22-25-28-30-31-32-33-34-35-36-37-38-39-40-41-43-45-48-51-54-57-60-63-66-72(75)78-69-70(68-77-71(74)65-62-59-56-53-50-47-44-27-24-21-18-15-12-9-6-3)79-73(76)67-64-61-58-55-52-49-46-42-29-26-23-20-17-14-11-8-5-2/h8,11,17,20,22,25-26,29-31,33-34,70H,4-7,9-10,12-16,18-19,21,23-24,27-28,32,35-69H2,1-3H3/b11-8-,20-17-,25-22-,29-26-,31-30-,34-33-. The van der Waals surface area contributed by atoms with Crippen molar-refractivity contribution in [1.29, 1.82) is 0 Å². The number of allylic oxidation sites excluding steroid dienone is 12. The Balaban J connectivity index is 4.25. The third kappa shape index (κ3) is 65.5. The average molecular weight is 1100 g/mol. The van der Waals surface area contributed by atoms with Gasteiger partial charge >= 0.3 is 17.9 Å². The van der Waals surface area contributed by atoms with E-state index in [1.807, 2.05) is 0 Å². The zero-order valence-electron chi connectivity index (χ0n) is 52.6. The fraction of sp³-hybridized carbons (Fsp3) is 0.795. The van der Waals surface area contributed by atoms with E-state index in [2.05, 4.69) is 93.7 Å². The van der Waals surface area contributed by atoms with Gasteiger partial charge in [-0.05, 0) is 89.9 Å². The minimum absolute atomic E-state index is 0.0754. The number of rotatable bonds is 63. The molecule has 0 spiro atoms. The van der Waals surface area contributed by atoms with Crippen molar-refractivity contribution in [1.82, 2.24) is 0 Å². The number of hydrogen-bond donors (Lipinski definition) is 0. The van der Waals surface area contributed by atoms with Crippen molar-refractivity contribution < 1.29 is 28.6 Å². The van der Waals surface area contributed by atoms with Gasteiger partial charge in [-0.3, -0.25) is 14.4 Å². The van der Waals surface area contributed by atoms with Gasteiger partial charge in [0.15, 0.2) is 6.10 Å². The molecule has 0 fully saturated rings. The summed E-state index contributed by atoms with van der Waals surface area (Å²) in [5.41, 5.74) is 0. The van der Waals surface area contributed by atoms with E-state index < -0.39 is 6.10 Å². The molecule has 6 heteroatoms. The molecule has 0 aliphatic carbocycles. The molecule has 0 aliphatic heterocycles. The number of hydrogen-bond acceptors (Lipinski definition) is 6. The second-order valence-corrected chi connectivity index (χ2v) is 23.1. The molecule has 0 aromatic carbocycles. The monoisotopic (exact) mass is 1100 g/mol. The maximum absolute atomic E-state index is 12.9. The summed E-state index contributed by atoms with van der Waals surface area (Å²) in [7, 11) is 0. The lowest BCUT2D eigenvalue weighted by Crippen LogP contribution is -2.30. The van der Waals surface area contributed by atoms with E-state index in [0.717, 1.165) is 96.3 Å². The maximum atomic E-state index is 12.9. The maximum Gasteiger partial charge on any atom is 0.306 e. The van der Waals surface area contributed by atoms with Crippen LogP contribution in [0.25, 0.3) is 0 Å². The van der Waals surface area contributed by atoms with E-state index in [4.69, 9.17) is 14.2 Å². The molecular formula is C73H130O6. The molecule has 458 valence electrons. The number of unbranched alkanes of at least 4 members (excludes halogenated alkanes) is 40. The lowest BCUT2D eigenvalue weighted by molar-refractivity contribution is -0.167. The Labute approximate surface area is 491 Å². The molecule has 0 aliphatic rings. The minimum atomic E-state index is -0.780. The van der Waals surface area contributed by atoms with E-state index in [1.165, 1.54) is 218 Å². The summed E-state index contributed by atoms with van der Waals surface area (Å²) in [5.74, 6) is -0.866. The number of carbonyl (C=O) groups is 3. The Hall–Kier alpha value is -3.15. The molecule has 0 radical (unpaired) electrons. The van der Waals surface area contributed by atoms with Crippen LogP contribution in [-0.2, 0) is 28.6 Å². The highest BCUT2D eigenvalue weighted by Gasteiger charge is 2.19. The van der Waals surface area contributed by atoms with Gasteiger partial charge in [-0.1, -0.05) is 318 Å². The van der Waals surface area contributed by atoms with Gasteiger partial charge in [0.05, 0.1) is 0 Å². The molecule has 0 rings (SSSR count). The first-order valence-corrected chi connectivity index (χ1v) is 34.4. The van der Waals surface area contributed by atoms with Crippen molar-refractivity contribution in [3.63, 3.8) is 0 Å². The van der Waals surface area contributed by atoms with Crippen LogP contribution < -0.4 is 0 Å². The van der Waals surface area contributed by atoms with Crippen LogP contribution in [0.3, 0.4) is 0 Å². The Morgan fingerprint density at radius 3 is 0.772 bits per heavy atom. The predicted octanol–water partition coefficient (Wildman–Crippen LogP) is 23.7. The van der Waals surface area contributed by atoms with Crippen molar-refractivity contribution in [2.45, 2.75) is 361 Å². The second kappa shape index (κ2) is 67.4. The summed E-state index contributed by atoms with van der Waals surface area (Å²) in [6.45, 7) is 6.56. The van der Waals surface area contributed by atoms with Gasteiger partial charge < -0.3 is 14.2 Å². The molecule has 1 atom stereocenters. The van der Waals surface area contributed by atoms with Gasteiger partial charge in [-0.25, -0.2) is 0 Å². The lowest BCUT2D eigenvalue weighted by atomic mass is 10.0. The molecule has 79 heavy (non-hydrogen) atoms. The van der Waals surface area contributed by atoms with Crippen LogP contribution in [0, 0.1) is 0 Å². The molecule has 6 nitrogen and oxygen atoms in total. The summed E-state index contributed by atoms with van der Waals surface area (Å²) in [6.07, 6.45) is 87.8. The predicted molar refractivity (Wildman–Crippen MR) is 344 cm³/mol.